The van der Waals surface area contributed by atoms with E-state index in [1.54, 1.807) is 35.2 Å². The molecular formula is C35H38N4O9. The summed E-state index contributed by atoms with van der Waals surface area (Å²) in [6.45, 7) is 1.34. The Hall–Kier alpha value is -5.24. The average molecular weight is 659 g/mol. The number of carboxylic acids is 1. The first-order valence-electron chi connectivity index (χ1n) is 15.6. The first-order valence-corrected chi connectivity index (χ1v) is 15.6. The Morgan fingerprint density at radius 1 is 0.979 bits per heavy atom. The minimum atomic E-state index is -2.31. The van der Waals surface area contributed by atoms with Gasteiger partial charge in [-0.2, -0.15) is 0 Å². The Kier molecular flexibility index (Phi) is 10.7. The van der Waals surface area contributed by atoms with Crippen molar-refractivity contribution < 1.29 is 39.5 Å². The molecule has 0 bridgehead atoms. The van der Waals surface area contributed by atoms with Gasteiger partial charge in [0.1, 0.15) is 11.5 Å². The molecule has 0 spiro atoms. The number of amides is 2. The predicted molar refractivity (Wildman–Crippen MR) is 175 cm³/mol. The van der Waals surface area contributed by atoms with Gasteiger partial charge in [-0.3, -0.25) is 14.4 Å². The van der Waals surface area contributed by atoms with Crippen LogP contribution >= 0.6 is 0 Å². The average Bonchev–Trinajstić information content (AvgIpc) is 3.10. The minimum absolute atomic E-state index is 0.0636. The zero-order valence-electron chi connectivity index (χ0n) is 26.1. The van der Waals surface area contributed by atoms with Gasteiger partial charge in [-0.15, -0.1) is 0 Å². The van der Waals surface area contributed by atoms with E-state index in [2.05, 4.69) is 15.6 Å². The molecule has 0 radical (unpaired) electrons. The van der Waals surface area contributed by atoms with Gasteiger partial charge in [-0.25, -0.2) is 4.79 Å². The Balaban J connectivity index is 1.03. The number of aromatic amines is 1. The number of ether oxygens (including phenoxy) is 1. The van der Waals surface area contributed by atoms with Crippen molar-refractivity contribution in [2.75, 3.05) is 39.3 Å². The lowest BCUT2D eigenvalue weighted by Crippen LogP contribution is -2.46. The maximum Gasteiger partial charge on any atom is 0.345 e. The largest absolute Gasteiger partial charge is 0.506 e. The summed E-state index contributed by atoms with van der Waals surface area (Å²) in [6, 6.07) is 19.8. The van der Waals surface area contributed by atoms with Crippen LogP contribution in [0.15, 0.2) is 83.7 Å². The second-order valence-corrected chi connectivity index (χ2v) is 11.8. The molecule has 7 N–H and O–H groups in total. The molecule has 1 aliphatic rings. The van der Waals surface area contributed by atoms with Gasteiger partial charge in [0.2, 0.25) is 17.1 Å². The quantitative estimate of drug-likeness (QED) is 0.111. The Bertz CT molecular complexity index is 1820. The van der Waals surface area contributed by atoms with Gasteiger partial charge in [-0.05, 0) is 60.7 Å². The molecule has 2 heterocycles. The molecule has 252 valence electrons. The summed E-state index contributed by atoms with van der Waals surface area (Å²) in [7, 11) is 0. The van der Waals surface area contributed by atoms with Crippen molar-refractivity contribution in [1.29, 1.82) is 0 Å². The van der Waals surface area contributed by atoms with E-state index in [1.807, 2.05) is 0 Å². The van der Waals surface area contributed by atoms with Crippen molar-refractivity contribution in [3.63, 3.8) is 0 Å². The fraction of sp³-hybridized carbons (Fsp3) is 0.314. The second-order valence-electron chi connectivity index (χ2n) is 11.8. The van der Waals surface area contributed by atoms with Crippen LogP contribution in [0.25, 0.3) is 10.9 Å². The van der Waals surface area contributed by atoms with E-state index in [0.29, 0.717) is 30.6 Å². The van der Waals surface area contributed by atoms with E-state index in [4.69, 9.17) is 4.74 Å². The summed E-state index contributed by atoms with van der Waals surface area (Å²) in [5.41, 5.74) is -1.56. The lowest BCUT2D eigenvalue weighted by molar-refractivity contribution is -0.155. The molecule has 1 aromatic heterocycles. The van der Waals surface area contributed by atoms with Crippen molar-refractivity contribution in [1.82, 2.24) is 20.5 Å². The third-order valence-corrected chi connectivity index (χ3v) is 8.56. The lowest BCUT2D eigenvalue weighted by Gasteiger charge is -2.32. The van der Waals surface area contributed by atoms with Crippen LogP contribution < -0.4 is 20.9 Å². The fourth-order valence-electron chi connectivity index (χ4n) is 5.86. The van der Waals surface area contributed by atoms with Crippen molar-refractivity contribution in [3.8, 4) is 11.5 Å². The van der Waals surface area contributed by atoms with Crippen LogP contribution in [0, 0.1) is 5.92 Å². The standard InChI is InChI=1S/C35H38N4O9/c40-28-11-9-26(27-10-12-30(42)38-33(27)28)29(41)19-36-18-22-13-15-39(16-14-22)32(44)20-37-31(43)21-48-25-8-4-7-24(17-25)35(47,34(45)46)23-5-2-1-3-6-23/h1-12,17,22,29,36,40-41,47H,13-16,18-21H2,(H,37,43)(H,38,42)(H,45,46)/t29-,35-/m0/s1. The number of piperidine rings is 1. The van der Waals surface area contributed by atoms with Crippen LogP contribution in [0.3, 0.4) is 0 Å². The molecule has 1 fully saturated rings. The number of carbonyl (C=O) groups is 3. The minimum Gasteiger partial charge on any atom is -0.506 e. The molecule has 1 saturated heterocycles. The van der Waals surface area contributed by atoms with Crippen molar-refractivity contribution >= 4 is 28.7 Å². The van der Waals surface area contributed by atoms with Gasteiger partial charge in [0.25, 0.3) is 5.91 Å². The van der Waals surface area contributed by atoms with E-state index in [9.17, 15) is 39.6 Å². The molecule has 4 aromatic rings. The maximum absolute atomic E-state index is 12.7. The van der Waals surface area contributed by atoms with Crippen molar-refractivity contribution in [2.24, 2.45) is 5.92 Å². The number of benzene rings is 3. The topological polar surface area (TPSA) is 202 Å². The number of phenols is 1. The number of fused-ring (bicyclic) bond motifs is 1. The van der Waals surface area contributed by atoms with Gasteiger partial charge in [0.05, 0.1) is 18.2 Å². The lowest BCUT2D eigenvalue weighted by atomic mass is 9.86. The SMILES string of the molecule is O=C(COc1cccc([C@](O)(C(=O)O)c2ccccc2)c1)NCC(=O)N1CCC(CNC[C@H](O)c2ccc(O)c3[nH]c(=O)ccc23)CC1. The number of likely N-dealkylation sites (tertiary alicyclic amines) is 1. The summed E-state index contributed by atoms with van der Waals surface area (Å²) in [6.07, 6.45) is 0.633. The first kappa shape index (κ1) is 34.1. The summed E-state index contributed by atoms with van der Waals surface area (Å²) < 4.78 is 5.53. The van der Waals surface area contributed by atoms with Crippen LogP contribution in [0.1, 0.15) is 35.6 Å². The summed E-state index contributed by atoms with van der Waals surface area (Å²) in [5.74, 6) is -1.82. The summed E-state index contributed by atoms with van der Waals surface area (Å²) >= 11 is 0. The molecule has 13 heteroatoms. The molecule has 2 amide bonds. The number of H-pyrrole nitrogens is 1. The third-order valence-electron chi connectivity index (χ3n) is 8.56. The number of carboxylic acid groups (broad SMARTS) is 1. The highest BCUT2D eigenvalue weighted by molar-refractivity contribution is 5.88. The van der Waals surface area contributed by atoms with Crippen LogP contribution in [0.4, 0.5) is 0 Å². The van der Waals surface area contributed by atoms with E-state index in [0.717, 1.165) is 12.8 Å². The molecule has 2 atom stereocenters. The fourth-order valence-corrected chi connectivity index (χ4v) is 5.86. The van der Waals surface area contributed by atoms with E-state index < -0.39 is 30.2 Å². The number of nitrogens with zero attached hydrogens (tertiary/aromatic N) is 1. The van der Waals surface area contributed by atoms with Gasteiger partial charge in [0, 0.05) is 36.7 Å². The molecule has 0 unspecified atom stereocenters. The number of pyridine rings is 1. The van der Waals surface area contributed by atoms with Gasteiger partial charge >= 0.3 is 5.97 Å². The molecule has 13 nitrogen and oxygen atoms in total. The maximum atomic E-state index is 12.7. The number of rotatable bonds is 13. The number of nitrogens with one attached hydrogen (secondary N) is 3. The molecule has 5 rings (SSSR count). The van der Waals surface area contributed by atoms with Gasteiger partial charge in [-0.1, -0.05) is 48.5 Å². The van der Waals surface area contributed by atoms with Gasteiger partial charge < -0.3 is 45.7 Å². The van der Waals surface area contributed by atoms with Crippen LogP contribution in [-0.2, 0) is 20.0 Å². The number of carbonyl (C=O) groups excluding carboxylic acids is 2. The molecular weight excluding hydrogens is 620 g/mol. The molecule has 0 aliphatic carbocycles. The number of aliphatic hydroxyl groups is 2. The normalized spacial score (nSPS) is 15.4. The number of aromatic nitrogens is 1. The highest BCUT2D eigenvalue weighted by atomic mass is 16.5. The molecule has 1 aliphatic heterocycles. The Morgan fingerprint density at radius 3 is 2.44 bits per heavy atom. The van der Waals surface area contributed by atoms with Gasteiger partial charge in [0.15, 0.2) is 6.61 Å². The summed E-state index contributed by atoms with van der Waals surface area (Å²) in [4.78, 5) is 53.2. The van der Waals surface area contributed by atoms with Crippen LogP contribution in [0.5, 0.6) is 11.5 Å². The van der Waals surface area contributed by atoms with E-state index >= 15 is 0 Å². The summed E-state index contributed by atoms with van der Waals surface area (Å²) in [5, 5.41) is 48.1. The van der Waals surface area contributed by atoms with E-state index in [1.165, 1.54) is 48.5 Å². The van der Waals surface area contributed by atoms with Crippen LogP contribution in [0.2, 0.25) is 0 Å². The zero-order valence-corrected chi connectivity index (χ0v) is 26.1. The number of hydrogen-bond donors (Lipinski definition) is 7. The van der Waals surface area contributed by atoms with Crippen molar-refractivity contribution in [2.45, 2.75) is 24.5 Å². The number of hydrogen-bond acceptors (Lipinski definition) is 9. The number of aliphatic carboxylic acids is 1. The predicted octanol–water partition coefficient (Wildman–Crippen LogP) is 1.61. The Morgan fingerprint density at radius 2 is 1.71 bits per heavy atom. The molecule has 48 heavy (non-hydrogen) atoms. The monoisotopic (exact) mass is 658 g/mol. The van der Waals surface area contributed by atoms with E-state index in [-0.39, 0.29) is 58.6 Å². The zero-order chi connectivity index (χ0) is 34.3. The first-order chi connectivity index (χ1) is 23.1. The number of aromatic hydroxyl groups is 1. The molecule has 0 saturated carbocycles. The number of aliphatic hydroxyl groups excluding tert-OH is 1. The molecule has 3 aromatic carbocycles. The second kappa shape index (κ2) is 15.1. The highest BCUT2D eigenvalue weighted by Crippen LogP contribution is 2.32. The number of phenolic OH excluding ortho intramolecular Hbond substituents is 1. The van der Waals surface area contributed by atoms with Crippen molar-refractivity contribution in [3.05, 3.63) is 106 Å². The van der Waals surface area contributed by atoms with Crippen LogP contribution in [-0.4, -0.2) is 87.4 Å². The smallest absolute Gasteiger partial charge is 0.345 e. The highest BCUT2D eigenvalue weighted by Gasteiger charge is 2.40. The Labute approximate surface area is 275 Å². The third kappa shape index (κ3) is 7.82.